The Morgan fingerprint density at radius 3 is 2.67 bits per heavy atom. The second kappa shape index (κ2) is 8.56. The topological polar surface area (TPSA) is 102 Å². The van der Waals surface area contributed by atoms with Crippen molar-refractivity contribution in [3.63, 3.8) is 0 Å². The molecule has 1 aromatic carbocycles. The number of anilines is 2. The summed E-state index contributed by atoms with van der Waals surface area (Å²) >= 11 is 0. The van der Waals surface area contributed by atoms with Crippen LogP contribution in [0.25, 0.3) is 11.1 Å². The Kier molecular flexibility index (Phi) is 5.78. The lowest BCUT2D eigenvalue weighted by Crippen LogP contribution is -2.60. The Morgan fingerprint density at radius 2 is 2.00 bits per heavy atom. The number of nitrogens with zero attached hydrogens (tertiary/aromatic N) is 4. The van der Waals surface area contributed by atoms with Crippen LogP contribution < -0.4 is 10.2 Å². The van der Waals surface area contributed by atoms with E-state index in [-0.39, 0.29) is 11.1 Å². The van der Waals surface area contributed by atoms with Crippen LogP contribution in [-0.2, 0) is 0 Å². The van der Waals surface area contributed by atoms with Gasteiger partial charge in [-0.25, -0.2) is 13.8 Å². The first-order valence-corrected chi connectivity index (χ1v) is 10.2. The lowest BCUT2D eigenvalue weighted by atomic mass is 9.96. The van der Waals surface area contributed by atoms with E-state index >= 15 is 0 Å². The van der Waals surface area contributed by atoms with E-state index in [0.717, 1.165) is 6.07 Å². The summed E-state index contributed by atoms with van der Waals surface area (Å²) in [7, 11) is 0. The molecule has 9 heteroatoms. The van der Waals surface area contributed by atoms with Crippen LogP contribution in [0.2, 0.25) is 0 Å². The molecule has 0 aliphatic carbocycles. The van der Waals surface area contributed by atoms with Crippen molar-refractivity contribution in [2.24, 2.45) is 0 Å². The molecule has 4 rings (SSSR count). The lowest BCUT2D eigenvalue weighted by Gasteiger charge is -2.45. The monoisotopic (exact) mass is 449 g/mol. The highest BCUT2D eigenvalue weighted by molar-refractivity contribution is 6.04. The van der Waals surface area contributed by atoms with Crippen LogP contribution >= 0.6 is 0 Å². The second-order valence-corrected chi connectivity index (χ2v) is 8.30. The van der Waals surface area contributed by atoms with Crippen LogP contribution in [0.15, 0.2) is 48.8 Å². The Hall–Kier alpha value is -3.90. The molecule has 2 N–H and O–H groups in total. The minimum Gasteiger partial charge on any atom is -0.386 e. The fourth-order valence-electron chi connectivity index (χ4n) is 3.78. The van der Waals surface area contributed by atoms with Gasteiger partial charge in [-0.3, -0.25) is 9.78 Å². The number of hydrogen-bond donors (Lipinski definition) is 2. The van der Waals surface area contributed by atoms with Crippen LogP contribution in [0.4, 0.5) is 20.3 Å². The van der Waals surface area contributed by atoms with E-state index in [1.165, 1.54) is 24.4 Å². The van der Waals surface area contributed by atoms with Crippen LogP contribution in [0, 0.1) is 18.3 Å². The molecule has 0 spiro atoms. The fraction of sp³-hybridized carbons (Fsp3) is 0.250. The molecule has 7 nitrogen and oxygen atoms in total. The number of hydrogen-bond acceptors (Lipinski definition) is 6. The van der Waals surface area contributed by atoms with E-state index in [9.17, 15) is 23.9 Å². The molecule has 2 aromatic heterocycles. The van der Waals surface area contributed by atoms with Crippen molar-refractivity contribution in [1.82, 2.24) is 9.97 Å². The minimum absolute atomic E-state index is 0.109. The van der Waals surface area contributed by atoms with Crippen molar-refractivity contribution >= 4 is 17.4 Å². The molecule has 3 aromatic rings. The molecule has 0 saturated carbocycles. The standard InChI is InChI=1S/C24H21F2N5O2/c1-14-20(18-7-17(9-27)22(29-10-18)31-12-24(2,33)13-31)8-19(11-28-14)30-23(32)16-5-3-4-15(6-16)21(25)26/h3-8,10-11,21,33H,12-13H2,1-2H3,(H,30,32). The number of alkyl halides is 2. The van der Waals surface area contributed by atoms with Gasteiger partial charge in [0.2, 0.25) is 0 Å². The Labute approximate surface area is 189 Å². The molecule has 1 aliphatic rings. The third-order valence-electron chi connectivity index (χ3n) is 5.41. The molecule has 168 valence electrons. The lowest BCUT2D eigenvalue weighted by molar-refractivity contribution is 0.0305. The van der Waals surface area contributed by atoms with Gasteiger partial charge in [-0.05, 0) is 38.1 Å². The summed E-state index contributed by atoms with van der Waals surface area (Å²) in [6, 6.07) is 10.8. The fourth-order valence-corrected chi connectivity index (χ4v) is 3.78. The average Bonchev–Trinajstić information content (AvgIpc) is 2.78. The molecule has 33 heavy (non-hydrogen) atoms. The summed E-state index contributed by atoms with van der Waals surface area (Å²) in [5, 5.41) is 22.3. The zero-order chi connectivity index (χ0) is 23.8. The van der Waals surface area contributed by atoms with E-state index in [1.54, 1.807) is 32.2 Å². The van der Waals surface area contributed by atoms with Crippen molar-refractivity contribution in [3.8, 4) is 17.2 Å². The quantitative estimate of drug-likeness (QED) is 0.609. The smallest absolute Gasteiger partial charge is 0.263 e. The van der Waals surface area contributed by atoms with Crippen LogP contribution in [0.3, 0.4) is 0 Å². The molecule has 1 saturated heterocycles. The second-order valence-electron chi connectivity index (χ2n) is 8.30. The van der Waals surface area contributed by atoms with Gasteiger partial charge in [0.25, 0.3) is 12.3 Å². The third-order valence-corrected chi connectivity index (χ3v) is 5.41. The Morgan fingerprint density at radius 1 is 1.24 bits per heavy atom. The Balaban J connectivity index is 1.59. The summed E-state index contributed by atoms with van der Waals surface area (Å²) in [4.78, 5) is 23.1. The zero-order valence-electron chi connectivity index (χ0n) is 18.0. The molecule has 0 radical (unpaired) electrons. The molecule has 3 heterocycles. The molecule has 1 amide bonds. The van der Waals surface area contributed by atoms with Gasteiger partial charge in [0, 0.05) is 47.2 Å². The van der Waals surface area contributed by atoms with E-state index < -0.39 is 17.9 Å². The molecule has 0 unspecified atom stereocenters. The third kappa shape index (κ3) is 4.66. The number of β-amino-alcohol motifs (C(OH)–C–C–N with tert-alkyl or cyclic N) is 1. The van der Waals surface area contributed by atoms with Gasteiger partial charge in [-0.15, -0.1) is 0 Å². The zero-order valence-corrected chi connectivity index (χ0v) is 18.0. The van der Waals surface area contributed by atoms with Crippen molar-refractivity contribution in [3.05, 3.63) is 71.2 Å². The molecular formula is C24H21F2N5O2. The predicted octanol–water partition coefficient (Wildman–Crippen LogP) is 4.08. The van der Waals surface area contributed by atoms with Crippen LogP contribution in [-0.4, -0.2) is 39.7 Å². The van der Waals surface area contributed by atoms with Crippen molar-refractivity contribution in [1.29, 1.82) is 5.26 Å². The summed E-state index contributed by atoms with van der Waals surface area (Å²) in [6.07, 6.45) is 0.422. The van der Waals surface area contributed by atoms with Crippen molar-refractivity contribution in [2.45, 2.75) is 25.9 Å². The number of carbonyl (C=O) groups excluding carboxylic acids is 1. The highest BCUT2D eigenvalue weighted by atomic mass is 19.3. The van der Waals surface area contributed by atoms with E-state index in [4.69, 9.17) is 0 Å². The SMILES string of the molecule is Cc1ncc(NC(=O)c2cccc(C(F)F)c2)cc1-c1cnc(N2CC(C)(O)C2)c(C#N)c1. The molecular weight excluding hydrogens is 428 g/mol. The maximum absolute atomic E-state index is 12.9. The molecule has 1 aliphatic heterocycles. The van der Waals surface area contributed by atoms with Gasteiger partial charge in [-0.1, -0.05) is 12.1 Å². The van der Waals surface area contributed by atoms with Crippen molar-refractivity contribution < 1.29 is 18.7 Å². The normalized spacial score (nSPS) is 14.5. The Bertz CT molecular complexity index is 1260. The van der Waals surface area contributed by atoms with E-state index in [0.29, 0.717) is 47.0 Å². The van der Waals surface area contributed by atoms with Gasteiger partial charge in [0.15, 0.2) is 0 Å². The van der Waals surface area contributed by atoms with Crippen molar-refractivity contribution in [2.75, 3.05) is 23.3 Å². The number of aliphatic hydroxyl groups is 1. The summed E-state index contributed by atoms with van der Waals surface area (Å²) in [6.45, 7) is 4.30. The van der Waals surface area contributed by atoms with Gasteiger partial charge < -0.3 is 15.3 Å². The summed E-state index contributed by atoms with van der Waals surface area (Å²) in [5.41, 5.74) is 1.80. The maximum Gasteiger partial charge on any atom is 0.263 e. The first-order valence-electron chi connectivity index (χ1n) is 10.2. The highest BCUT2D eigenvalue weighted by Crippen LogP contribution is 2.32. The summed E-state index contributed by atoms with van der Waals surface area (Å²) in [5.74, 6) is -0.0353. The molecule has 1 fully saturated rings. The highest BCUT2D eigenvalue weighted by Gasteiger charge is 2.38. The largest absolute Gasteiger partial charge is 0.386 e. The molecule has 0 bridgehead atoms. The number of nitriles is 1. The van der Waals surface area contributed by atoms with E-state index in [1.807, 2.05) is 4.90 Å². The first-order chi connectivity index (χ1) is 15.7. The van der Waals surface area contributed by atoms with Gasteiger partial charge in [-0.2, -0.15) is 5.26 Å². The van der Waals surface area contributed by atoms with Gasteiger partial charge in [0.1, 0.15) is 11.9 Å². The number of rotatable bonds is 5. The van der Waals surface area contributed by atoms with Crippen LogP contribution in [0.5, 0.6) is 0 Å². The first kappa shape index (κ1) is 22.3. The number of halogens is 2. The number of nitrogens with one attached hydrogen (secondary N) is 1. The number of amides is 1. The number of pyridine rings is 2. The number of benzene rings is 1. The van der Waals surface area contributed by atoms with Gasteiger partial charge >= 0.3 is 0 Å². The maximum atomic E-state index is 12.9. The predicted molar refractivity (Wildman–Crippen MR) is 119 cm³/mol. The number of carbonyl (C=O) groups is 1. The average molecular weight is 449 g/mol. The van der Waals surface area contributed by atoms with Crippen LogP contribution in [0.1, 0.15) is 40.5 Å². The van der Waals surface area contributed by atoms with Gasteiger partial charge in [0.05, 0.1) is 23.0 Å². The minimum atomic E-state index is -2.67. The number of aryl methyl sites for hydroxylation is 1. The summed E-state index contributed by atoms with van der Waals surface area (Å²) < 4.78 is 25.9. The van der Waals surface area contributed by atoms with E-state index in [2.05, 4.69) is 21.4 Å². The molecule has 0 atom stereocenters. The number of aromatic nitrogens is 2.